The van der Waals surface area contributed by atoms with E-state index in [4.69, 9.17) is 4.74 Å². The zero-order valence-corrected chi connectivity index (χ0v) is 7.76. The van der Waals surface area contributed by atoms with Gasteiger partial charge in [-0.2, -0.15) is 0 Å². The number of rotatable bonds is 4. The molecule has 1 saturated carbocycles. The van der Waals surface area contributed by atoms with Gasteiger partial charge >= 0.3 is 0 Å². The lowest BCUT2D eigenvalue weighted by Gasteiger charge is -2.41. The second-order valence-corrected chi connectivity index (χ2v) is 3.63. The summed E-state index contributed by atoms with van der Waals surface area (Å²) in [4.78, 5) is 0. The van der Waals surface area contributed by atoms with Gasteiger partial charge in [0.2, 0.25) is 0 Å². The average Bonchev–Trinajstić information content (AvgIpc) is 2.03. The summed E-state index contributed by atoms with van der Waals surface area (Å²) in [5.41, 5.74) is 0. The van der Waals surface area contributed by atoms with Crippen LogP contribution in [0.5, 0.6) is 0 Å². The quantitative estimate of drug-likeness (QED) is 0.620. The van der Waals surface area contributed by atoms with Crippen molar-refractivity contribution in [3.8, 4) is 0 Å². The van der Waals surface area contributed by atoms with Crippen LogP contribution in [-0.4, -0.2) is 26.3 Å². The molecule has 0 spiro atoms. The molecule has 0 saturated heterocycles. The summed E-state index contributed by atoms with van der Waals surface area (Å²) >= 11 is 0. The van der Waals surface area contributed by atoms with Crippen molar-refractivity contribution in [2.24, 2.45) is 11.8 Å². The van der Waals surface area contributed by atoms with Gasteiger partial charge in [0.15, 0.2) is 0 Å². The van der Waals surface area contributed by atoms with Gasteiger partial charge in [0.05, 0.1) is 6.61 Å². The number of hydrogen-bond donors (Lipinski definition) is 1. The van der Waals surface area contributed by atoms with Crippen LogP contribution in [0.15, 0.2) is 0 Å². The van der Waals surface area contributed by atoms with Crippen molar-refractivity contribution < 1.29 is 4.74 Å². The highest BCUT2D eigenvalue weighted by molar-refractivity contribution is 4.88. The van der Waals surface area contributed by atoms with E-state index in [-0.39, 0.29) is 0 Å². The van der Waals surface area contributed by atoms with Crippen LogP contribution in [0, 0.1) is 11.8 Å². The van der Waals surface area contributed by atoms with Crippen molar-refractivity contribution in [1.29, 1.82) is 0 Å². The minimum Gasteiger partial charge on any atom is -0.383 e. The molecule has 0 radical (unpaired) electrons. The molecule has 1 rings (SSSR count). The highest BCUT2D eigenvalue weighted by Gasteiger charge is 2.33. The minimum atomic E-state index is 0.750. The summed E-state index contributed by atoms with van der Waals surface area (Å²) in [6.45, 7) is 6.47. The number of hydrogen-bond acceptors (Lipinski definition) is 2. The molecule has 2 heteroatoms. The van der Waals surface area contributed by atoms with E-state index in [0.717, 1.165) is 31.0 Å². The van der Waals surface area contributed by atoms with Crippen LogP contribution in [0.25, 0.3) is 0 Å². The van der Waals surface area contributed by atoms with E-state index in [2.05, 4.69) is 19.2 Å². The van der Waals surface area contributed by atoms with Crippen LogP contribution >= 0.6 is 0 Å². The Labute approximate surface area is 69.3 Å². The van der Waals surface area contributed by atoms with Gasteiger partial charge in [-0.1, -0.05) is 13.8 Å². The summed E-state index contributed by atoms with van der Waals surface area (Å²) in [6.07, 6.45) is 1.34. The molecule has 0 aromatic carbocycles. The second-order valence-electron chi connectivity index (χ2n) is 3.63. The molecule has 3 unspecified atom stereocenters. The molecular weight excluding hydrogens is 138 g/mol. The van der Waals surface area contributed by atoms with Crippen LogP contribution in [0.1, 0.15) is 20.3 Å². The Morgan fingerprint density at radius 1 is 1.45 bits per heavy atom. The zero-order chi connectivity index (χ0) is 8.27. The van der Waals surface area contributed by atoms with E-state index < -0.39 is 0 Å². The van der Waals surface area contributed by atoms with E-state index in [9.17, 15) is 0 Å². The second kappa shape index (κ2) is 4.07. The molecular formula is C9H19NO. The number of nitrogens with one attached hydrogen (secondary N) is 1. The first-order valence-corrected chi connectivity index (χ1v) is 4.48. The predicted molar refractivity (Wildman–Crippen MR) is 46.6 cm³/mol. The predicted octanol–water partition coefficient (Wildman–Crippen LogP) is 1.27. The van der Waals surface area contributed by atoms with Gasteiger partial charge in [-0.15, -0.1) is 0 Å². The summed E-state index contributed by atoms with van der Waals surface area (Å²) in [7, 11) is 1.74. The lowest BCUT2D eigenvalue weighted by molar-refractivity contribution is 0.122. The van der Waals surface area contributed by atoms with Crippen molar-refractivity contribution in [1.82, 2.24) is 5.32 Å². The maximum atomic E-state index is 4.96. The maximum Gasteiger partial charge on any atom is 0.0587 e. The molecule has 1 aliphatic rings. The van der Waals surface area contributed by atoms with E-state index in [0.29, 0.717) is 0 Å². The van der Waals surface area contributed by atoms with Crippen LogP contribution in [0.2, 0.25) is 0 Å². The van der Waals surface area contributed by atoms with Gasteiger partial charge in [-0.3, -0.25) is 0 Å². The molecule has 11 heavy (non-hydrogen) atoms. The smallest absolute Gasteiger partial charge is 0.0587 e. The first-order chi connectivity index (χ1) is 5.25. The third-order valence-corrected chi connectivity index (χ3v) is 2.87. The third-order valence-electron chi connectivity index (χ3n) is 2.87. The molecule has 1 fully saturated rings. The van der Waals surface area contributed by atoms with Gasteiger partial charge < -0.3 is 10.1 Å². The molecule has 0 amide bonds. The fourth-order valence-corrected chi connectivity index (χ4v) is 1.65. The molecule has 0 aromatic heterocycles. The highest BCUT2D eigenvalue weighted by Crippen LogP contribution is 2.33. The van der Waals surface area contributed by atoms with Crippen LogP contribution in [0.3, 0.4) is 0 Å². The maximum absolute atomic E-state index is 4.96. The van der Waals surface area contributed by atoms with Crippen molar-refractivity contribution >= 4 is 0 Å². The van der Waals surface area contributed by atoms with E-state index in [1.807, 2.05) is 0 Å². The van der Waals surface area contributed by atoms with Crippen molar-refractivity contribution in [3.63, 3.8) is 0 Å². The largest absolute Gasteiger partial charge is 0.383 e. The summed E-state index contributed by atoms with van der Waals surface area (Å²) < 4.78 is 4.96. The lowest BCUT2D eigenvalue weighted by atomic mass is 9.71. The Morgan fingerprint density at radius 2 is 2.18 bits per heavy atom. The van der Waals surface area contributed by atoms with E-state index >= 15 is 0 Å². The first-order valence-electron chi connectivity index (χ1n) is 4.48. The van der Waals surface area contributed by atoms with Crippen molar-refractivity contribution in [3.05, 3.63) is 0 Å². The Balaban J connectivity index is 2.01. The standard InChI is InChI=1S/C9H19NO/c1-7-6-9(8(7)2)10-4-5-11-3/h7-10H,4-6H2,1-3H3. The third kappa shape index (κ3) is 2.17. The summed E-state index contributed by atoms with van der Waals surface area (Å²) in [5.74, 6) is 1.77. The Morgan fingerprint density at radius 3 is 2.64 bits per heavy atom. The van der Waals surface area contributed by atoms with Crippen molar-refractivity contribution in [2.45, 2.75) is 26.3 Å². The zero-order valence-electron chi connectivity index (χ0n) is 7.76. The normalized spacial score (nSPS) is 36.8. The first kappa shape index (κ1) is 9.01. The fraction of sp³-hybridized carbons (Fsp3) is 1.00. The van der Waals surface area contributed by atoms with E-state index in [1.165, 1.54) is 6.42 Å². The molecule has 1 aliphatic carbocycles. The topological polar surface area (TPSA) is 21.3 Å². The molecule has 0 aromatic rings. The molecule has 2 nitrogen and oxygen atoms in total. The van der Waals surface area contributed by atoms with Gasteiger partial charge in [0, 0.05) is 19.7 Å². The highest BCUT2D eigenvalue weighted by atomic mass is 16.5. The fourth-order valence-electron chi connectivity index (χ4n) is 1.65. The summed E-state index contributed by atoms with van der Waals surface area (Å²) in [6, 6.07) is 0.750. The van der Waals surface area contributed by atoms with Gasteiger partial charge in [-0.05, 0) is 18.3 Å². The van der Waals surface area contributed by atoms with Gasteiger partial charge in [0.25, 0.3) is 0 Å². The SMILES string of the molecule is COCCNC1CC(C)C1C. The minimum absolute atomic E-state index is 0.750. The molecule has 3 atom stereocenters. The molecule has 0 bridgehead atoms. The average molecular weight is 157 g/mol. The Kier molecular flexibility index (Phi) is 3.34. The molecule has 1 N–H and O–H groups in total. The van der Waals surface area contributed by atoms with Gasteiger partial charge in [0.1, 0.15) is 0 Å². The Hall–Kier alpha value is -0.0800. The van der Waals surface area contributed by atoms with Crippen molar-refractivity contribution in [2.75, 3.05) is 20.3 Å². The molecule has 0 aliphatic heterocycles. The number of ether oxygens (including phenoxy) is 1. The Bertz CT molecular complexity index is 116. The lowest BCUT2D eigenvalue weighted by Crippen LogP contribution is -2.48. The van der Waals surface area contributed by atoms with Gasteiger partial charge in [-0.25, -0.2) is 0 Å². The molecule has 0 heterocycles. The van der Waals surface area contributed by atoms with Crippen LogP contribution in [0.4, 0.5) is 0 Å². The van der Waals surface area contributed by atoms with Crippen LogP contribution in [-0.2, 0) is 4.74 Å². The monoisotopic (exact) mass is 157 g/mol. The molecule has 66 valence electrons. The summed E-state index contributed by atoms with van der Waals surface area (Å²) in [5, 5.41) is 3.48. The van der Waals surface area contributed by atoms with Crippen LogP contribution < -0.4 is 5.32 Å². The van der Waals surface area contributed by atoms with E-state index in [1.54, 1.807) is 7.11 Å². The number of methoxy groups -OCH3 is 1.